The molecule has 0 atom stereocenters. The summed E-state index contributed by atoms with van der Waals surface area (Å²) in [5.74, 6) is -1.22. The van der Waals surface area contributed by atoms with E-state index in [4.69, 9.17) is 16.3 Å². The Labute approximate surface area is 139 Å². The zero-order chi connectivity index (χ0) is 17.2. The summed E-state index contributed by atoms with van der Waals surface area (Å²) in [6, 6.07) is 3.57. The maximum absolute atomic E-state index is 11.8. The van der Waals surface area contributed by atoms with Gasteiger partial charge in [0.25, 0.3) is 11.6 Å². The SMILES string of the molecule is CCCCCCNC(=O)COC(=O)c1ccc(Cl)c([N+](=O)[O-])c1. The molecule has 1 amide bonds. The smallest absolute Gasteiger partial charge is 0.338 e. The molecule has 0 aliphatic heterocycles. The van der Waals surface area contributed by atoms with Crippen molar-refractivity contribution in [1.29, 1.82) is 0 Å². The van der Waals surface area contributed by atoms with Gasteiger partial charge in [0.2, 0.25) is 0 Å². The molecule has 0 aliphatic carbocycles. The first-order valence-corrected chi connectivity index (χ1v) is 7.71. The van der Waals surface area contributed by atoms with E-state index >= 15 is 0 Å². The predicted molar refractivity (Wildman–Crippen MR) is 85.5 cm³/mol. The molecule has 1 aromatic carbocycles. The van der Waals surface area contributed by atoms with Gasteiger partial charge in [0.1, 0.15) is 5.02 Å². The number of carbonyl (C=O) groups is 2. The second kappa shape index (κ2) is 9.78. The van der Waals surface area contributed by atoms with Crippen molar-refractivity contribution in [3.05, 3.63) is 38.9 Å². The summed E-state index contributed by atoms with van der Waals surface area (Å²) in [6.45, 7) is 2.20. The highest BCUT2D eigenvalue weighted by Gasteiger charge is 2.17. The molecule has 0 heterocycles. The van der Waals surface area contributed by atoms with Crippen molar-refractivity contribution in [2.45, 2.75) is 32.6 Å². The summed E-state index contributed by atoms with van der Waals surface area (Å²) >= 11 is 5.66. The van der Waals surface area contributed by atoms with E-state index in [1.54, 1.807) is 0 Å². The van der Waals surface area contributed by atoms with Gasteiger partial charge < -0.3 is 10.1 Å². The van der Waals surface area contributed by atoms with Gasteiger partial charge in [0.15, 0.2) is 6.61 Å². The summed E-state index contributed by atoms with van der Waals surface area (Å²) in [5, 5.41) is 13.3. The summed E-state index contributed by atoms with van der Waals surface area (Å²) < 4.78 is 4.83. The fourth-order valence-electron chi connectivity index (χ4n) is 1.82. The molecule has 0 radical (unpaired) electrons. The van der Waals surface area contributed by atoms with E-state index in [1.165, 1.54) is 12.1 Å². The Bertz CT molecular complexity index is 577. The lowest BCUT2D eigenvalue weighted by atomic mass is 10.2. The average Bonchev–Trinajstić information content (AvgIpc) is 2.52. The van der Waals surface area contributed by atoms with Crippen LogP contribution in [0.1, 0.15) is 43.0 Å². The number of halogens is 1. The van der Waals surface area contributed by atoms with Crippen molar-refractivity contribution in [3.8, 4) is 0 Å². The molecule has 1 N–H and O–H groups in total. The first-order chi connectivity index (χ1) is 11.0. The van der Waals surface area contributed by atoms with Crippen LogP contribution >= 0.6 is 11.6 Å². The van der Waals surface area contributed by atoms with Gasteiger partial charge in [-0.05, 0) is 18.6 Å². The summed E-state index contributed by atoms with van der Waals surface area (Å²) in [4.78, 5) is 33.4. The maximum Gasteiger partial charge on any atom is 0.338 e. The first kappa shape index (κ1) is 18.9. The first-order valence-electron chi connectivity index (χ1n) is 7.33. The van der Waals surface area contributed by atoms with E-state index in [2.05, 4.69) is 12.2 Å². The van der Waals surface area contributed by atoms with Crippen LogP contribution in [0.3, 0.4) is 0 Å². The van der Waals surface area contributed by atoms with Crippen LogP contribution in [-0.4, -0.2) is 30.0 Å². The van der Waals surface area contributed by atoms with Crippen molar-refractivity contribution in [3.63, 3.8) is 0 Å². The Morgan fingerprint density at radius 1 is 1.30 bits per heavy atom. The minimum atomic E-state index is -0.814. The van der Waals surface area contributed by atoms with Gasteiger partial charge in [-0.2, -0.15) is 0 Å². The van der Waals surface area contributed by atoms with E-state index in [-0.39, 0.29) is 16.3 Å². The minimum absolute atomic E-state index is 0.0307. The second-order valence-corrected chi connectivity index (χ2v) is 5.32. The molecule has 0 aromatic heterocycles. The van der Waals surface area contributed by atoms with Crippen LogP contribution < -0.4 is 5.32 Å². The van der Waals surface area contributed by atoms with Crippen molar-refractivity contribution in [2.75, 3.05) is 13.2 Å². The number of unbranched alkanes of at least 4 members (excludes halogenated alkanes) is 3. The Hall–Kier alpha value is -2.15. The molecule has 23 heavy (non-hydrogen) atoms. The molecule has 0 saturated carbocycles. The van der Waals surface area contributed by atoms with Crippen molar-refractivity contribution in [2.24, 2.45) is 0 Å². The molecule has 1 rings (SSSR count). The van der Waals surface area contributed by atoms with Gasteiger partial charge in [0, 0.05) is 12.6 Å². The highest BCUT2D eigenvalue weighted by Crippen LogP contribution is 2.25. The number of carbonyl (C=O) groups excluding carboxylic acids is 2. The number of nitrogens with zero attached hydrogens (tertiary/aromatic N) is 1. The van der Waals surface area contributed by atoms with Crippen LogP contribution in [0.15, 0.2) is 18.2 Å². The van der Waals surface area contributed by atoms with E-state index in [9.17, 15) is 19.7 Å². The molecule has 0 aliphatic rings. The van der Waals surface area contributed by atoms with Gasteiger partial charge in [-0.3, -0.25) is 14.9 Å². The maximum atomic E-state index is 11.8. The lowest BCUT2D eigenvalue weighted by Crippen LogP contribution is -2.29. The third-order valence-electron chi connectivity index (χ3n) is 3.07. The molecule has 8 heteroatoms. The number of hydrogen-bond acceptors (Lipinski definition) is 5. The summed E-state index contributed by atoms with van der Waals surface area (Å²) in [5.41, 5.74) is -0.418. The number of hydrogen-bond donors (Lipinski definition) is 1. The van der Waals surface area contributed by atoms with Crippen LogP contribution in [-0.2, 0) is 9.53 Å². The third-order valence-corrected chi connectivity index (χ3v) is 3.39. The molecular weight excluding hydrogens is 324 g/mol. The zero-order valence-corrected chi connectivity index (χ0v) is 13.6. The van der Waals surface area contributed by atoms with Crippen LogP contribution in [0.5, 0.6) is 0 Å². The molecule has 1 aromatic rings. The average molecular weight is 343 g/mol. The number of nitrogens with one attached hydrogen (secondary N) is 1. The number of nitro groups is 1. The quantitative estimate of drug-likeness (QED) is 0.322. The van der Waals surface area contributed by atoms with Crippen LogP contribution in [0, 0.1) is 10.1 Å². The van der Waals surface area contributed by atoms with E-state index < -0.39 is 23.4 Å². The molecule has 0 spiro atoms. The lowest BCUT2D eigenvalue weighted by Gasteiger charge is -2.06. The molecule has 7 nitrogen and oxygen atoms in total. The number of rotatable bonds is 9. The molecular formula is C15H19ClN2O5. The van der Waals surface area contributed by atoms with E-state index in [0.29, 0.717) is 6.54 Å². The summed E-state index contributed by atoms with van der Waals surface area (Å²) in [6.07, 6.45) is 4.13. The third kappa shape index (κ3) is 6.65. The molecule has 126 valence electrons. The van der Waals surface area contributed by atoms with Gasteiger partial charge in [-0.15, -0.1) is 0 Å². The fourth-order valence-corrected chi connectivity index (χ4v) is 2.01. The number of benzene rings is 1. The van der Waals surface area contributed by atoms with Crippen LogP contribution in [0.25, 0.3) is 0 Å². The topological polar surface area (TPSA) is 98.5 Å². The summed E-state index contributed by atoms with van der Waals surface area (Å²) in [7, 11) is 0. The predicted octanol–water partition coefficient (Wildman–Crippen LogP) is 3.10. The van der Waals surface area contributed by atoms with E-state index in [0.717, 1.165) is 31.7 Å². The van der Waals surface area contributed by atoms with Gasteiger partial charge in [0.05, 0.1) is 10.5 Å². The second-order valence-electron chi connectivity index (χ2n) is 4.91. The largest absolute Gasteiger partial charge is 0.452 e. The molecule has 0 fully saturated rings. The van der Waals surface area contributed by atoms with Gasteiger partial charge in [-0.1, -0.05) is 37.8 Å². The lowest BCUT2D eigenvalue weighted by molar-refractivity contribution is -0.384. The van der Waals surface area contributed by atoms with Crippen LogP contribution in [0.2, 0.25) is 5.02 Å². The number of esters is 1. The molecule has 0 bridgehead atoms. The fraction of sp³-hybridized carbons (Fsp3) is 0.467. The van der Waals surface area contributed by atoms with Gasteiger partial charge in [-0.25, -0.2) is 4.79 Å². The Balaban J connectivity index is 2.43. The monoisotopic (exact) mass is 342 g/mol. The number of amides is 1. The number of nitro benzene ring substituents is 1. The highest BCUT2D eigenvalue weighted by molar-refractivity contribution is 6.32. The molecule has 0 saturated heterocycles. The van der Waals surface area contributed by atoms with Crippen LogP contribution in [0.4, 0.5) is 5.69 Å². The number of ether oxygens (including phenoxy) is 1. The highest BCUT2D eigenvalue weighted by atomic mass is 35.5. The van der Waals surface area contributed by atoms with E-state index in [1.807, 2.05) is 0 Å². The standard InChI is InChI=1S/C15H19ClN2O5/c1-2-3-4-5-8-17-14(19)10-23-15(20)11-6-7-12(16)13(9-11)18(21)22/h6-7,9H,2-5,8,10H2,1H3,(H,17,19). The minimum Gasteiger partial charge on any atom is -0.452 e. The Morgan fingerprint density at radius 2 is 2.04 bits per heavy atom. The van der Waals surface area contributed by atoms with Crippen molar-refractivity contribution < 1.29 is 19.2 Å². The van der Waals surface area contributed by atoms with Gasteiger partial charge >= 0.3 is 5.97 Å². The Morgan fingerprint density at radius 3 is 2.70 bits per heavy atom. The van der Waals surface area contributed by atoms with Crippen molar-refractivity contribution in [1.82, 2.24) is 5.32 Å². The van der Waals surface area contributed by atoms with Crippen molar-refractivity contribution >= 4 is 29.2 Å². The molecule has 0 unspecified atom stereocenters. The Kier molecular flexibility index (Phi) is 8.04. The zero-order valence-electron chi connectivity index (χ0n) is 12.8. The normalized spacial score (nSPS) is 10.2.